The van der Waals surface area contributed by atoms with Gasteiger partial charge in [-0.1, -0.05) is 59.1 Å². The van der Waals surface area contributed by atoms with Crippen LogP contribution in [0, 0.1) is 6.92 Å². The Hall–Kier alpha value is -2.30. The van der Waals surface area contributed by atoms with Crippen molar-refractivity contribution < 1.29 is 9.90 Å². The van der Waals surface area contributed by atoms with Crippen molar-refractivity contribution in [2.24, 2.45) is 0 Å². The van der Waals surface area contributed by atoms with Gasteiger partial charge in [0.2, 0.25) is 0 Å². The molecule has 0 amide bonds. The molecule has 0 aliphatic rings. The summed E-state index contributed by atoms with van der Waals surface area (Å²) in [5.41, 5.74) is 3.66. The van der Waals surface area contributed by atoms with E-state index < -0.39 is 5.97 Å². The largest absolute Gasteiger partial charge is 0.476 e. The number of aryl methyl sites for hydroxylation is 1. The van der Waals surface area contributed by atoms with Gasteiger partial charge in [0.15, 0.2) is 5.69 Å². The summed E-state index contributed by atoms with van der Waals surface area (Å²) in [5.74, 6) is -1.06. The maximum absolute atomic E-state index is 11.3. The van der Waals surface area contributed by atoms with Crippen molar-refractivity contribution in [3.05, 3.63) is 75.4 Å². The lowest BCUT2D eigenvalue weighted by Gasteiger charge is -2.09. The molecule has 0 atom stereocenters. The quantitative estimate of drug-likeness (QED) is 0.718. The molecule has 0 fully saturated rings. The first-order valence-electron chi connectivity index (χ1n) is 7.26. The molecule has 0 saturated carbocycles. The number of carboxylic acids is 1. The monoisotopic (exact) mass is 360 g/mol. The average Bonchev–Trinajstić information content (AvgIpc) is 2.96. The summed E-state index contributed by atoms with van der Waals surface area (Å²) in [6.45, 7) is 2.40. The number of hydrogen-bond donors (Lipinski definition) is 1. The third-order valence-corrected chi connectivity index (χ3v) is 4.40. The first-order valence-corrected chi connectivity index (χ1v) is 8.02. The molecule has 1 N–H and O–H groups in total. The fourth-order valence-electron chi connectivity index (χ4n) is 2.41. The Morgan fingerprint density at radius 1 is 1.08 bits per heavy atom. The molecule has 0 bridgehead atoms. The molecule has 0 spiro atoms. The van der Waals surface area contributed by atoms with Crippen LogP contribution in [0.3, 0.4) is 0 Å². The zero-order chi connectivity index (χ0) is 17.3. The second kappa shape index (κ2) is 6.67. The van der Waals surface area contributed by atoms with E-state index in [0.717, 1.165) is 22.4 Å². The molecule has 0 radical (unpaired) electrons. The number of halogens is 2. The number of hydrogen-bond acceptors (Lipinski definition) is 2. The van der Waals surface area contributed by atoms with Crippen LogP contribution in [0.25, 0.3) is 11.3 Å². The van der Waals surface area contributed by atoms with Crippen LogP contribution < -0.4 is 0 Å². The van der Waals surface area contributed by atoms with Crippen molar-refractivity contribution in [2.45, 2.75) is 13.5 Å². The van der Waals surface area contributed by atoms with Crippen LogP contribution in [0.2, 0.25) is 10.0 Å². The summed E-state index contributed by atoms with van der Waals surface area (Å²) >= 11 is 12.0. The Bertz CT molecular complexity index is 902. The van der Waals surface area contributed by atoms with Crippen LogP contribution in [0.4, 0.5) is 0 Å². The Labute approximate surface area is 149 Å². The second-order valence-electron chi connectivity index (χ2n) is 5.49. The topological polar surface area (TPSA) is 55.1 Å². The van der Waals surface area contributed by atoms with Crippen LogP contribution in [0.1, 0.15) is 21.6 Å². The highest BCUT2D eigenvalue weighted by Crippen LogP contribution is 2.25. The summed E-state index contributed by atoms with van der Waals surface area (Å²) in [5, 5.41) is 14.4. The van der Waals surface area contributed by atoms with Crippen LogP contribution >= 0.6 is 23.2 Å². The Balaban J connectivity index is 2.03. The number of benzene rings is 2. The molecule has 4 nitrogen and oxygen atoms in total. The van der Waals surface area contributed by atoms with Gasteiger partial charge in [-0.3, -0.25) is 4.68 Å². The summed E-state index contributed by atoms with van der Waals surface area (Å²) in [6, 6.07) is 14.7. The predicted octanol–water partition coefficient (Wildman–Crippen LogP) is 4.91. The van der Waals surface area contributed by atoms with Crippen molar-refractivity contribution in [1.29, 1.82) is 0 Å². The lowest BCUT2D eigenvalue weighted by atomic mass is 10.1. The molecular formula is C18H14Cl2N2O2. The fraction of sp³-hybridized carbons (Fsp3) is 0.111. The Morgan fingerprint density at radius 2 is 1.79 bits per heavy atom. The van der Waals surface area contributed by atoms with Crippen molar-refractivity contribution >= 4 is 29.2 Å². The minimum absolute atomic E-state index is 0.00522. The number of carbonyl (C=O) groups is 1. The van der Waals surface area contributed by atoms with E-state index in [1.165, 1.54) is 0 Å². The zero-order valence-electron chi connectivity index (χ0n) is 12.8. The van der Waals surface area contributed by atoms with Gasteiger partial charge in [0.1, 0.15) is 0 Å². The van der Waals surface area contributed by atoms with E-state index in [1.54, 1.807) is 22.9 Å². The SMILES string of the molecule is Cc1ccc(-c2cc(C(=O)O)nn2Cc2ccc(Cl)c(Cl)c2)cc1. The molecule has 24 heavy (non-hydrogen) atoms. The molecule has 3 rings (SSSR count). The van der Waals surface area contributed by atoms with Gasteiger partial charge >= 0.3 is 5.97 Å². The molecule has 122 valence electrons. The van der Waals surface area contributed by atoms with Gasteiger partial charge in [-0.15, -0.1) is 0 Å². The van der Waals surface area contributed by atoms with Gasteiger partial charge < -0.3 is 5.11 Å². The van der Waals surface area contributed by atoms with E-state index in [9.17, 15) is 9.90 Å². The van der Waals surface area contributed by atoms with E-state index in [4.69, 9.17) is 23.2 Å². The molecule has 3 aromatic rings. The minimum Gasteiger partial charge on any atom is -0.476 e. The van der Waals surface area contributed by atoms with Crippen LogP contribution in [-0.4, -0.2) is 20.9 Å². The number of aromatic nitrogens is 2. The van der Waals surface area contributed by atoms with Gasteiger partial charge in [0.25, 0.3) is 0 Å². The van der Waals surface area contributed by atoms with Crippen molar-refractivity contribution in [3.63, 3.8) is 0 Å². The molecule has 1 aromatic heterocycles. The van der Waals surface area contributed by atoms with Crippen molar-refractivity contribution in [1.82, 2.24) is 9.78 Å². The third kappa shape index (κ3) is 3.45. The molecule has 0 aliphatic heterocycles. The van der Waals surface area contributed by atoms with Crippen LogP contribution in [0.15, 0.2) is 48.5 Å². The number of nitrogens with zero attached hydrogens (tertiary/aromatic N) is 2. The smallest absolute Gasteiger partial charge is 0.356 e. The van der Waals surface area contributed by atoms with Gasteiger partial charge in [-0.25, -0.2) is 4.79 Å². The molecule has 0 aliphatic carbocycles. The van der Waals surface area contributed by atoms with E-state index in [2.05, 4.69) is 5.10 Å². The van der Waals surface area contributed by atoms with Crippen molar-refractivity contribution in [2.75, 3.05) is 0 Å². The van der Waals surface area contributed by atoms with E-state index in [1.807, 2.05) is 37.3 Å². The van der Waals surface area contributed by atoms with E-state index in [-0.39, 0.29) is 5.69 Å². The summed E-state index contributed by atoms with van der Waals surface area (Å²) < 4.78 is 1.66. The maximum atomic E-state index is 11.3. The Kier molecular flexibility index (Phi) is 4.60. The summed E-state index contributed by atoms with van der Waals surface area (Å²) in [6.07, 6.45) is 0. The fourth-order valence-corrected chi connectivity index (χ4v) is 2.73. The highest BCUT2D eigenvalue weighted by atomic mass is 35.5. The Morgan fingerprint density at radius 3 is 2.42 bits per heavy atom. The van der Waals surface area contributed by atoms with Crippen LogP contribution in [-0.2, 0) is 6.54 Å². The van der Waals surface area contributed by atoms with Gasteiger partial charge in [0, 0.05) is 0 Å². The standard InChI is InChI=1S/C18H14Cl2N2O2/c1-11-2-5-13(6-3-11)17-9-16(18(23)24)21-22(17)10-12-4-7-14(19)15(20)8-12/h2-9H,10H2,1H3,(H,23,24). The van der Waals surface area contributed by atoms with Crippen LogP contribution in [0.5, 0.6) is 0 Å². The number of carboxylic acid groups (broad SMARTS) is 1. The zero-order valence-corrected chi connectivity index (χ0v) is 14.3. The van der Waals surface area contributed by atoms with Gasteiger partial charge in [0.05, 0.1) is 22.3 Å². The molecular weight excluding hydrogens is 347 g/mol. The highest BCUT2D eigenvalue weighted by molar-refractivity contribution is 6.42. The predicted molar refractivity (Wildman–Crippen MR) is 94.9 cm³/mol. The molecule has 2 aromatic carbocycles. The normalized spacial score (nSPS) is 10.8. The molecule has 1 heterocycles. The second-order valence-corrected chi connectivity index (χ2v) is 6.31. The maximum Gasteiger partial charge on any atom is 0.356 e. The van der Waals surface area contributed by atoms with Gasteiger partial charge in [-0.05, 0) is 36.2 Å². The molecule has 6 heteroatoms. The molecule has 0 unspecified atom stereocenters. The first kappa shape index (κ1) is 16.6. The van der Waals surface area contributed by atoms with E-state index in [0.29, 0.717) is 16.6 Å². The summed E-state index contributed by atoms with van der Waals surface area (Å²) in [7, 11) is 0. The van der Waals surface area contributed by atoms with E-state index >= 15 is 0 Å². The number of aromatic carboxylic acids is 1. The highest BCUT2D eigenvalue weighted by Gasteiger charge is 2.15. The average molecular weight is 361 g/mol. The lowest BCUT2D eigenvalue weighted by molar-refractivity contribution is 0.0689. The minimum atomic E-state index is -1.06. The lowest BCUT2D eigenvalue weighted by Crippen LogP contribution is -2.06. The van der Waals surface area contributed by atoms with Crippen molar-refractivity contribution in [3.8, 4) is 11.3 Å². The molecule has 0 saturated heterocycles. The first-order chi connectivity index (χ1) is 11.4. The number of rotatable bonds is 4. The van der Waals surface area contributed by atoms with Gasteiger partial charge in [-0.2, -0.15) is 5.10 Å². The summed E-state index contributed by atoms with van der Waals surface area (Å²) in [4.78, 5) is 11.3. The third-order valence-electron chi connectivity index (χ3n) is 3.66.